The minimum absolute atomic E-state index is 0.463. The molecular weight excluding hydrogens is 997 g/mol. The van der Waals surface area contributed by atoms with Crippen molar-refractivity contribution >= 4 is 99.5 Å². The van der Waals surface area contributed by atoms with Crippen molar-refractivity contribution in [1.29, 1.82) is 0 Å². The normalized spacial score (nSPS) is 11.3. The van der Waals surface area contributed by atoms with Crippen LogP contribution in [0.5, 0.6) is 69.0 Å². The Hall–Kier alpha value is -9.70. The van der Waals surface area contributed by atoms with Crippen LogP contribution in [0, 0.1) is 0 Å². The molecule has 11 aromatic rings. The molecule has 0 radical (unpaired) electrons. The molecule has 2 heterocycles. The number of rotatable bonds is 18. The van der Waals surface area contributed by atoms with Crippen molar-refractivity contribution in [2.45, 2.75) is 0 Å². The minimum atomic E-state index is 0.463. The molecule has 0 N–H and O–H groups in total. The second kappa shape index (κ2) is 20.4. The average Bonchev–Trinajstić information content (AvgIpc) is 4.23. The van der Waals surface area contributed by atoms with Crippen molar-refractivity contribution in [3.8, 4) is 69.0 Å². The fourth-order valence-electron chi connectivity index (χ4n) is 10.5. The SMILES string of the molecule is COc1cc(N(c2cc(OC)c(OC)c(OC)c2)c2ccc3cc4c(cc3c2)oc2c4ccc3oc4cc5cc(N(c6cc(OC)c(OC)c(OC)c6)c6cc(OC)c(OC)c(OC)c6)ccc5cc4c32)cc(OC)c1OC. The van der Waals surface area contributed by atoms with Gasteiger partial charge < -0.3 is 75.5 Å². The Morgan fingerprint density at radius 1 is 0.256 bits per heavy atom. The van der Waals surface area contributed by atoms with Crippen LogP contribution in [0.4, 0.5) is 34.1 Å². The maximum atomic E-state index is 6.92. The number of hydrogen-bond acceptors (Lipinski definition) is 16. The van der Waals surface area contributed by atoms with Crippen molar-refractivity contribution in [3.63, 3.8) is 0 Å². The Morgan fingerprint density at radius 3 is 0.923 bits per heavy atom. The first kappa shape index (κ1) is 50.5. The molecule has 0 fully saturated rings. The van der Waals surface area contributed by atoms with E-state index >= 15 is 0 Å². The van der Waals surface area contributed by atoms with Gasteiger partial charge in [-0.15, -0.1) is 0 Å². The van der Waals surface area contributed by atoms with Gasteiger partial charge in [-0.3, -0.25) is 0 Å². The molecule has 11 rings (SSSR count). The molecule has 0 aliphatic rings. The lowest BCUT2D eigenvalue weighted by Gasteiger charge is -2.28. The molecule has 0 spiro atoms. The molecule has 2 aromatic heterocycles. The van der Waals surface area contributed by atoms with E-state index in [-0.39, 0.29) is 0 Å². The van der Waals surface area contributed by atoms with Gasteiger partial charge in [0.25, 0.3) is 0 Å². The minimum Gasteiger partial charge on any atom is -0.493 e. The molecule has 0 amide bonds. The van der Waals surface area contributed by atoms with E-state index in [0.29, 0.717) is 97.1 Å². The van der Waals surface area contributed by atoms with Gasteiger partial charge in [0.05, 0.1) is 113 Å². The summed E-state index contributed by atoms with van der Waals surface area (Å²) in [5.41, 5.74) is 7.33. The van der Waals surface area contributed by atoms with Gasteiger partial charge in [-0.25, -0.2) is 0 Å². The number of furan rings is 2. The Labute approximate surface area is 449 Å². The third-order valence-electron chi connectivity index (χ3n) is 14.1. The Balaban J connectivity index is 1.05. The van der Waals surface area contributed by atoms with Gasteiger partial charge in [0, 0.05) is 76.1 Å². The molecule has 398 valence electrons. The zero-order valence-electron chi connectivity index (χ0n) is 45.2. The molecule has 0 atom stereocenters. The first-order chi connectivity index (χ1) is 38.1. The average molecular weight is 1050 g/mol. The number of ether oxygens (including phenoxy) is 12. The molecule has 0 saturated carbocycles. The molecule has 0 bridgehead atoms. The second-order valence-corrected chi connectivity index (χ2v) is 18.0. The molecular formula is C62H56N2O14. The number of methoxy groups -OCH3 is 12. The predicted octanol–water partition coefficient (Wildman–Crippen LogP) is 14.8. The summed E-state index contributed by atoms with van der Waals surface area (Å²) < 4.78 is 83.0. The van der Waals surface area contributed by atoms with E-state index in [0.717, 1.165) is 71.4 Å². The molecule has 0 saturated heterocycles. The van der Waals surface area contributed by atoms with Crippen molar-refractivity contribution in [1.82, 2.24) is 0 Å². The van der Waals surface area contributed by atoms with Crippen LogP contribution >= 0.6 is 0 Å². The van der Waals surface area contributed by atoms with Crippen LogP contribution in [0.2, 0.25) is 0 Å². The van der Waals surface area contributed by atoms with Crippen molar-refractivity contribution in [3.05, 3.63) is 121 Å². The molecule has 78 heavy (non-hydrogen) atoms. The molecule has 0 aliphatic carbocycles. The topological polar surface area (TPSA) is 144 Å². The standard InChI is InChI=1S/C62H56N2O14/c1-65-49-25-39(26-50(66-2)59(49)73-9)63(40-27-51(67-3)60(74-10)52(28-40)68-4)37-15-13-33-21-44-43-17-18-46-57(58(43)78-47(44)23-35(33)19-37)45-22-34-14-16-38(20-36(34)24-48(45)77-46)64(41-29-53(69-5)61(75-11)54(30-41)70-6)42-31-55(71-7)62(76-12)56(32-42)72-8/h13-32H,1-12H3. The summed E-state index contributed by atoms with van der Waals surface area (Å²) in [4.78, 5) is 4.12. The summed E-state index contributed by atoms with van der Waals surface area (Å²) in [6.45, 7) is 0. The van der Waals surface area contributed by atoms with Crippen molar-refractivity contribution < 1.29 is 65.7 Å². The zero-order chi connectivity index (χ0) is 54.5. The fraction of sp³-hybridized carbons (Fsp3) is 0.194. The highest BCUT2D eigenvalue weighted by atomic mass is 16.6. The van der Waals surface area contributed by atoms with E-state index in [1.54, 1.807) is 85.3 Å². The van der Waals surface area contributed by atoms with Gasteiger partial charge in [-0.1, -0.05) is 12.1 Å². The summed E-state index contributed by atoms with van der Waals surface area (Å²) in [6, 6.07) is 40.2. The highest BCUT2D eigenvalue weighted by molar-refractivity contribution is 6.24. The number of benzene rings is 9. The number of anilines is 6. The maximum Gasteiger partial charge on any atom is 0.203 e. The summed E-state index contributed by atoms with van der Waals surface area (Å²) in [7, 11) is 19.0. The van der Waals surface area contributed by atoms with Gasteiger partial charge >= 0.3 is 0 Å². The first-order valence-corrected chi connectivity index (χ1v) is 24.6. The first-order valence-electron chi connectivity index (χ1n) is 24.6. The van der Waals surface area contributed by atoms with E-state index in [9.17, 15) is 0 Å². The third kappa shape index (κ3) is 8.23. The Kier molecular flexibility index (Phi) is 13.2. The van der Waals surface area contributed by atoms with Crippen LogP contribution in [0.15, 0.2) is 130 Å². The summed E-state index contributed by atoms with van der Waals surface area (Å²) >= 11 is 0. The van der Waals surface area contributed by atoms with Gasteiger partial charge in [0.1, 0.15) is 22.3 Å². The molecule has 16 heteroatoms. The second-order valence-electron chi connectivity index (χ2n) is 18.0. The summed E-state index contributed by atoms with van der Waals surface area (Å²) in [6.07, 6.45) is 0. The molecule has 9 aromatic carbocycles. The van der Waals surface area contributed by atoms with Crippen LogP contribution in [0.3, 0.4) is 0 Å². The highest BCUT2D eigenvalue weighted by Crippen LogP contribution is 2.52. The molecule has 16 nitrogen and oxygen atoms in total. The van der Waals surface area contributed by atoms with Gasteiger partial charge in [-0.2, -0.15) is 0 Å². The van der Waals surface area contributed by atoms with Crippen molar-refractivity contribution in [2.24, 2.45) is 0 Å². The fourth-order valence-corrected chi connectivity index (χ4v) is 10.5. The van der Waals surface area contributed by atoms with Crippen molar-refractivity contribution in [2.75, 3.05) is 95.1 Å². The zero-order valence-corrected chi connectivity index (χ0v) is 45.2. The Morgan fingerprint density at radius 2 is 0.590 bits per heavy atom. The van der Waals surface area contributed by atoms with Crippen LogP contribution in [-0.4, -0.2) is 85.3 Å². The summed E-state index contributed by atoms with van der Waals surface area (Å²) in [5.74, 6) is 5.71. The van der Waals surface area contributed by atoms with Crippen LogP contribution in [0.1, 0.15) is 0 Å². The maximum absolute atomic E-state index is 6.92. The van der Waals surface area contributed by atoms with Crippen LogP contribution in [-0.2, 0) is 0 Å². The van der Waals surface area contributed by atoms with Crippen LogP contribution in [0.25, 0.3) is 65.4 Å². The van der Waals surface area contributed by atoms with Gasteiger partial charge in [-0.05, 0) is 82.2 Å². The highest BCUT2D eigenvalue weighted by Gasteiger charge is 2.27. The third-order valence-corrected chi connectivity index (χ3v) is 14.1. The quantitative estimate of drug-likeness (QED) is 0.0803. The number of nitrogens with zero attached hydrogens (tertiary/aromatic N) is 2. The predicted molar refractivity (Wildman–Crippen MR) is 304 cm³/mol. The lowest BCUT2D eigenvalue weighted by atomic mass is 10.0. The summed E-state index contributed by atoms with van der Waals surface area (Å²) in [5, 5.41) is 7.58. The van der Waals surface area contributed by atoms with E-state index in [2.05, 4.69) is 76.5 Å². The largest absolute Gasteiger partial charge is 0.493 e. The molecule has 0 unspecified atom stereocenters. The van der Waals surface area contributed by atoms with E-state index in [1.807, 2.05) is 54.6 Å². The van der Waals surface area contributed by atoms with Crippen LogP contribution < -0.4 is 66.6 Å². The van der Waals surface area contributed by atoms with E-state index in [4.69, 9.17) is 65.7 Å². The number of hydrogen-bond donors (Lipinski definition) is 0. The monoisotopic (exact) mass is 1050 g/mol. The molecule has 0 aliphatic heterocycles. The van der Waals surface area contributed by atoms with Gasteiger partial charge in [0.2, 0.25) is 23.0 Å². The number of fused-ring (bicyclic) bond motifs is 9. The lowest BCUT2D eigenvalue weighted by Crippen LogP contribution is -2.11. The smallest absolute Gasteiger partial charge is 0.203 e. The van der Waals surface area contributed by atoms with Gasteiger partial charge in [0.15, 0.2) is 46.0 Å². The van der Waals surface area contributed by atoms with E-state index in [1.165, 1.54) is 0 Å². The Bertz CT molecular complexity index is 3900. The lowest BCUT2D eigenvalue weighted by molar-refractivity contribution is 0.324. The van der Waals surface area contributed by atoms with E-state index < -0.39 is 0 Å².